The highest BCUT2D eigenvalue weighted by Gasteiger charge is 2.20. The van der Waals surface area contributed by atoms with Crippen molar-refractivity contribution in [2.24, 2.45) is 7.05 Å². The van der Waals surface area contributed by atoms with E-state index in [0.717, 1.165) is 11.3 Å². The van der Waals surface area contributed by atoms with Crippen molar-refractivity contribution in [3.05, 3.63) is 64.8 Å². The molecule has 37 heavy (non-hydrogen) atoms. The van der Waals surface area contributed by atoms with Gasteiger partial charge >= 0.3 is 0 Å². The molecule has 0 saturated carbocycles. The second kappa shape index (κ2) is 11.6. The first-order valence-electron chi connectivity index (χ1n) is 11.3. The minimum atomic E-state index is -0.419. The highest BCUT2D eigenvalue weighted by Crippen LogP contribution is 2.38. The van der Waals surface area contributed by atoms with E-state index in [2.05, 4.69) is 35.9 Å². The Labute approximate surface area is 218 Å². The molecule has 0 spiro atoms. The molecule has 0 bridgehead atoms. The maximum absolute atomic E-state index is 12.4. The second-order valence-electron chi connectivity index (χ2n) is 7.96. The molecule has 4 rings (SSSR count). The van der Waals surface area contributed by atoms with E-state index in [1.165, 1.54) is 13.1 Å². The molecule has 13 heteroatoms. The van der Waals surface area contributed by atoms with Crippen LogP contribution in [0, 0.1) is 0 Å². The topological polar surface area (TPSA) is 155 Å². The van der Waals surface area contributed by atoms with Crippen LogP contribution in [0.15, 0.2) is 42.7 Å². The number of halogens is 1. The van der Waals surface area contributed by atoms with Crippen LogP contribution in [-0.4, -0.2) is 56.6 Å². The van der Waals surface area contributed by atoms with Crippen molar-refractivity contribution in [2.75, 3.05) is 31.8 Å². The summed E-state index contributed by atoms with van der Waals surface area (Å²) in [4.78, 5) is 21.0. The number of methoxy groups -OCH3 is 1. The Morgan fingerprint density at radius 2 is 2.03 bits per heavy atom. The summed E-state index contributed by atoms with van der Waals surface area (Å²) in [5, 5.41) is 18.1. The molecule has 0 aliphatic heterocycles. The van der Waals surface area contributed by atoms with Gasteiger partial charge in [0, 0.05) is 20.2 Å². The van der Waals surface area contributed by atoms with Crippen LogP contribution in [0.1, 0.15) is 21.7 Å². The Hall–Kier alpha value is -4.29. The van der Waals surface area contributed by atoms with Gasteiger partial charge in [0.05, 0.1) is 43.0 Å². The molecule has 0 saturated heterocycles. The average Bonchev–Trinajstić information content (AvgIpc) is 3.32. The number of pyridine rings is 1. The van der Waals surface area contributed by atoms with Gasteiger partial charge in [0.25, 0.3) is 5.91 Å². The van der Waals surface area contributed by atoms with Crippen LogP contribution in [-0.2, 0) is 24.8 Å². The lowest BCUT2D eigenvalue weighted by molar-refractivity contribution is 0.0958. The fourth-order valence-corrected chi connectivity index (χ4v) is 3.76. The Bertz CT molecular complexity index is 1410. The summed E-state index contributed by atoms with van der Waals surface area (Å²) in [6.07, 6.45) is 2.17. The number of nitrogen functional groups attached to an aromatic ring is 1. The maximum atomic E-state index is 12.4. The van der Waals surface area contributed by atoms with Crippen molar-refractivity contribution in [2.45, 2.75) is 13.0 Å². The van der Waals surface area contributed by atoms with Crippen molar-refractivity contribution in [1.82, 2.24) is 35.3 Å². The summed E-state index contributed by atoms with van der Waals surface area (Å²) in [7, 11) is 4.84. The molecule has 192 valence electrons. The van der Waals surface area contributed by atoms with Crippen LogP contribution in [0.4, 0.5) is 17.2 Å². The summed E-state index contributed by atoms with van der Waals surface area (Å²) in [6.45, 7) is 0.751. The molecule has 12 nitrogen and oxygen atoms in total. The molecule has 1 amide bonds. The van der Waals surface area contributed by atoms with Crippen molar-refractivity contribution in [3.8, 4) is 17.1 Å². The van der Waals surface area contributed by atoms with E-state index in [0.29, 0.717) is 54.0 Å². The van der Waals surface area contributed by atoms with Gasteiger partial charge in [-0.1, -0.05) is 17.7 Å². The van der Waals surface area contributed by atoms with E-state index in [9.17, 15) is 4.79 Å². The van der Waals surface area contributed by atoms with Crippen LogP contribution in [0.2, 0.25) is 5.15 Å². The Kier molecular flexibility index (Phi) is 8.11. The van der Waals surface area contributed by atoms with Crippen molar-refractivity contribution in [3.63, 3.8) is 0 Å². The van der Waals surface area contributed by atoms with Gasteiger partial charge in [-0.25, -0.2) is 9.97 Å². The molecule has 3 heterocycles. The molecule has 4 aromatic rings. The maximum Gasteiger partial charge on any atom is 0.273 e. The monoisotopic (exact) mass is 523 g/mol. The third-order valence-electron chi connectivity index (χ3n) is 5.28. The predicted octanol–water partition coefficient (Wildman–Crippen LogP) is 2.77. The van der Waals surface area contributed by atoms with Gasteiger partial charge in [-0.15, -0.1) is 10.2 Å². The summed E-state index contributed by atoms with van der Waals surface area (Å²) < 4.78 is 13.2. The van der Waals surface area contributed by atoms with Crippen LogP contribution in [0.3, 0.4) is 0 Å². The van der Waals surface area contributed by atoms with Gasteiger partial charge in [0.2, 0.25) is 0 Å². The van der Waals surface area contributed by atoms with E-state index in [1.807, 2.05) is 24.3 Å². The van der Waals surface area contributed by atoms with E-state index in [1.54, 1.807) is 31.2 Å². The fourth-order valence-electron chi connectivity index (χ4n) is 3.61. The predicted molar refractivity (Wildman–Crippen MR) is 139 cm³/mol. The number of benzene rings is 1. The van der Waals surface area contributed by atoms with Gasteiger partial charge < -0.3 is 25.8 Å². The lowest BCUT2D eigenvalue weighted by atomic mass is 10.0. The number of ether oxygens (including phenoxy) is 2. The van der Waals surface area contributed by atoms with Gasteiger partial charge in [0.1, 0.15) is 12.1 Å². The zero-order chi connectivity index (χ0) is 26.4. The molecule has 0 radical (unpaired) electrons. The van der Waals surface area contributed by atoms with Gasteiger partial charge in [0.15, 0.2) is 22.4 Å². The lowest BCUT2D eigenvalue weighted by Crippen LogP contribution is -2.21. The number of carbonyl (C=O) groups is 1. The number of hydrogen-bond donors (Lipinski definition) is 3. The molecule has 1 aromatic carbocycles. The SMILES string of the molecule is CNC(=O)c1nnc(Cl)cc1Nc1cc(CCOCc2cccc(N)n2)cc(-c2ncn(C)n2)c1OC. The Morgan fingerprint density at radius 3 is 2.73 bits per heavy atom. The third kappa shape index (κ3) is 6.29. The number of carbonyl (C=O) groups excluding carboxylic acids is 1. The van der Waals surface area contributed by atoms with E-state index >= 15 is 0 Å². The number of nitrogens with zero attached hydrogens (tertiary/aromatic N) is 6. The number of amides is 1. The van der Waals surface area contributed by atoms with E-state index < -0.39 is 5.91 Å². The highest BCUT2D eigenvalue weighted by atomic mass is 35.5. The van der Waals surface area contributed by atoms with Crippen LogP contribution < -0.4 is 21.1 Å². The Balaban J connectivity index is 1.66. The van der Waals surface area contributed by atoms with Crippen LogP contribution >= 0.6 is 11.6 Å². The second-order valence-corrected chi connectivity index (χ2v) is 8.34. The van der Waals surface area contributed by atoms with E-state index in [4.69, 9.17) is 26.8 Å². The fraction of sp³-hybridized carbons (Fsp3) is 0.250. The normalized spacial score (nSPS) is 10.8. The van der Waals surface area contributed by atoms with Crippen molar-refractivity contribution < 1.29 is 14.3 Å². The number of aromatic nitrogens is 6. The molecule has 0 aliphatic rings. The van der Waals surface area contributed by atoms with Crippen molar-refractivity contribution >= 4 is 34.7 Å². The van der Waals surface area contributed by atoms with Crippen molar-refractivity contribution in [1.29, 1.82) is 0 Å². The largest absolute Gasteiger partial charge is 0.494 e. The molecule has 0 aliphatic carbocycles. The molecule has 0 fully saturated rings. The number of anilines is 3. The first-order chi connectivity index (χ1) is 17.9. The highest BCUT2D eigenvalue weighted by molar-refractivity contribution is 6.29. The minimum absolute atomic E-state index is 0.0786. The number of aryl methyl sites for hydroxylation is 1. The first kappa shape index (κ1) is 25.8. The smallest absolute Gasteiger partial charge is 0.273 e. The molecule has 3 aromatic heterocycles. The number of rotatable bonds is 10. The van der Waals surface area contributed by atoms with E-state index in [-0.39, 0.29) is 10.8 Å². The minimum Gasteiger partial charge on any atom is -0.494 e. The number of nitrogens with two attached hydrogens (primary N) is 1. The third-order valence-corrected chi connectivity index (χ3v) is 5.47. The lowest BCUT2D eigenvalue weighted by Gasteiger charge is -2.17. The quantitative estimate of drug-likeness (QED) is 0.264. The average molecular weight is 524 g/mol. The molecular weight excluding hydrogens is 498 g/mol. The standard InChI is InChI=1S/C24H26ClN9O3/c1-27-24(35)21-17(11-19(25)31-32-21)30-18-10-14(7-8-37-12-15-5-4-6-20(26)29-15)9-16(22(18)36-3)23-28-13-34(2)33-23/h4-6,9-11,13H,7-8,12H2,1-3H3,(H2,26,29)(H,27,35)(H,30,31). The van der Waals surface area contributed by atoms with Crippen LogP contribution in [0.25, 0.3) is 11.4 Å². The zero-order valence-corrected chi connectivity index (χ0v) is 21.3. The zero-order valence-electron chi connectivity index (χ0n) is 20.5. The van der Waals surface area contributed by atoms with Gasteiger partial charge in [-0.2, -0.15) is 5.10 Å². The van der Waals surface area contributed by atoms with Gasteiger partial charge in [-0.05, 0) is 36.2 Å². The Morgan fingerprint density at radius 1 is 1.19 bits per heavy atom. The summed E-state index contributed by atoms with van der Waals surface area (Å²) >= 11 is 6.08. The van der Waals surface area contributed by atoms with Crippen LogP contribution in [0.5, 0.6) is 5.75 Å². The van der Waals surface area contributed by atoms with Gasteiger partial charge in [-0.3, -0.25) is 9.48 Å². The molecule has 0 atom stereocenters. The summed E-state index contributed by atoms with van der Waals surface area (Å²) in [5.41, 5.74) is 9.07. The number of hydrogen-bond acceptors (Lipinski definition) is 10. The first-order valence-corrected chi connectivity index (χ1v) is 11.6. The molecular formula is C24H26ClN9O3. The molecule has 0 unspecified atom stereocenters. The number of nitrogens with one attached hydrogen (secondary N) is 2. The molecule has 4 N–H and O–H groups in total. The summed E-state index contributed by atoms with van der Waals surface area (Å²) in [6, 6.07) is 10.8. The summed E-state index contributed by atoms with van der Waals surface area (Å²) in [5.74, 6) is 0.987.